The Hall–Kier alpha value is -2.67. The van der Waals surface area contributed by atoms with E-state index in [1.807, 2.05) is 39.0 Å². The third kappa shape index (κ3) is 3.73. The zero-order valence-corrected chi connectivity index (χ0v) is 15.9. The molecule has 1 aliphatic heterocycles. The van der Waals surface area contributed by atoms with Crippen molar-refractivity contribution in [1.29, 1.82) is 0 Å². The topological polar surface area (TPSA) is 93.5 Å². The van der Waals surface area contributed by atoms with Crippen LogP contribution < -0.4 is 5.32 Å². The van der Waals surface area contributed by atoms with E-state index in [-0.39, 0.29) is 12.5 Å². The summed E-state index contributed by atoms with van der Waals surface area (Å²) in [5.74, 6) is -1.20. The van der Waals surface area contributed by atoms with Crippen LogP contribution in [0, 0.1) is 26.2 Å². The number of amides is 1. The molecule has 1 saturated heterocycles. The van der Waals surface area contributed by atoms with Crippen molar-refractivity contribution in [2.75, 3.05) is 19.8 Å². The minimum atomic E-state index is -0.967. The van der Waals surface area contributed by atoms with Crippen molar-refractivity contribution in [3.05, 3.63) is 46.8 Å². The molecule has 27 heavy (non-hydrogen) atoms. The third-order valence-corrected chi connectivity index (χ3v) is 5.34. The Bertz CT molecular complexity index is 866. The molecule has 1 fully saturated rings. The second-order valence-corrected chi connectivity index (χ2v) is 7.23. The summed E-state index contributed by atoms with van der Waals surface area (Å²) in [4.78, 5) is 24.4. The lowest BCUT2D eigenvalue weighted by Crippen LogP contribution is -2.46. The molecule has 1 aromatic heterocycles. The SMILES string of the molecule is Cc1ccc(C)c(-n2ncc(C(=O)NCC3(C(=O)O)CCOCC3)c2C)c1. The van der Waals surface area contributed by atoms with E-state index < -0.39 is 11.4 Å². The normalized spacial score (nSPS) is 16.1. The van der Waals surface area contributed by atoms with Crippen LogP contribution in [0.1, 0.15) is 40.0 Å². The number of rotatable bonds is 5. The Kier molecular flexibility index (Phi) is 5.32. The number of carboxylic acid groups (broad SMARTS) is 1. The van der Waals surface area contributed by atoms with Gasteiger partial charge in [-0.05, 0) is 50.8 Å². The molecule has 144 valence electrons. The summed E-state index contributed by atoms with van der Waals surface area (Å²) in [7, 11) is 0. The summed E-state index contributed by atoms with van der Waals surface area (Å²) in [6.45, 7) is 6.72. The van der Waals surface area contributed by atoms with Gasteiger partial charge in [0.05, 0.1) is 28.6 Å². The van der Waals surface area contributed by atoms with Gasteiger partial charge in [0.15, 0.2) is 0 Å². The minimum absolute atomic E-state index is 0.0820. The first-order valence-corrected chi connectivity index (χ1v) is 9.06. The predicted octanol–water partition coefficient (Wildman–Crippen LogP) is 2.41. The van der Waals surface area contributed by atoms with Crippen LogP contribution in [-0.2, 0) is 9.53 Å². The van der Waals surface area contributed by atoms with Gasteiger partial charge in [0.2, 0.25) is 0 Å². The number of aliphatic carboxylic acids is 1. The largest absolute Gasteiger partial charge is 0.481 e. The summed E-state index contributed by atoms with van der Waals surface area (Å²) in [6, 6.07) is 6.08. The number of nitrogens with zero attached hydrogens (tertiary/aromatic N) is 2. The number of benzene rings is 1. The van der Waals surface area contributed by atoms with Crippen molar-refractivity contribution in [3.8, 4) is 5.69 Å². The van der Waals surface area contributed by atoms with Gasteiger partial charge in [-0.1, -0.05) is 12.1 Å². The van der Waals surface area contributed by atoms with Crippen LogP contribution in [0.4, 0.5) is 0 Å². The first kappa shape index (κ1) is 19.1. The fourth-order valence-corrected chi connectivity index (χ4v) is 3.40. The third-order valence-electron chi connectivity index (χ3n) is 5.34. The van der Waals surface area contributed by atoms with E-state index in [0.717, 1.165) is 22.5 Å². The molecular weight excluding hydrogens is 346 g/mol. The number of hydrogen-bond acceptors (Lipinski definition) is 4. The zero-order valence-electron chi connectivity index (χ0n) is 15.9. The van der Waals surface area contributed by atoms with Gasteiger partial charge in [-0.15, -0.1) is 0 Å². The Morgan fingerprint density at radius 1 is 1.26 bits per heavy atom. The lowest BCUT2D eigenvalue weighted by molar-refractivity contribution is -0.154. The van der Waals surface area contributed by atoms with E-state index >= 15 is 0 Å². The molecule has 1 aliphatic rings. The van der Waals surface area contributed by atoms with E-state index in [1.165, 1.54) is 6.20 Å². The predicted molar refractivity (Wildman–Crippen MR) is 100 cm³/mol. The summed E-state index contributed by atoms with van der Waals surface area (Å²) in [5, 5.41) is 16.8. The van der Waals surface area contributed by atoms with Crippen LogP contribution in [-0.4, -0.2) is 46.5 Å². The van der Waals surface area contributed by atoms with Crippen LogP contribution in [0.2, 0.25) is 0 Å². The number of aromatic nitrogens is 2. The van der Waals surface area contributed by atoms with Crippen molar-refractivity contribution >= 4 is 11.9 Å². The molecule has 7 heteroatoms. The first-order valence-electron chi connectivity index (χ1n) is 9.06. The van der Waals surface area contributed by atoms with Crippen LogP contribution in [0.15, 0.2) is 24.4 Å². The van der Waals surface area contributed by atoms with Gasteiger partial charge in [-0.3, -0.25) is 9.59 Å². The molecule has 0 atom stereocenters. The molecule has 0 saturated carbocycles. The number of carboxylic acids is 1. The van der Waals surface area contributed by atoms with Gasteiger partial charge in [0, 0.05) is 19.8 Å². The monoisotopic (exact) mass is 371 g/mol. The summed E-state index contributed by atoms with van der Waals surface area (Å²) >= 11 is 0. The number of hydrogen-bond donors (Lipinski definition) is 2. The fourth-order valence-electron chi connectivity index (χ4n) is 3.40. The fraction of sp³-hybridized carbons (Fsp3) is 0.450. The molecule has 0 bridgehead atoms. The van der Waals surface area contributed by atoms with Crippen LogP contribution in [0.5, 0.6) is 0 Å². The first-order chi connectivity index (χ1) is 12.8. The van der Waals surface area contributed by atoms with E-state index in [2.05, 4.69) is 10.4 Å². The molecule has 0 aliphatic carbocycles. The number of ether oxygens (including phenoxy) is 1. The van der Waals surface area contributed by atoms with E-state index in [0.29, 0.717) is 31.6 Å². The van der Waals surface area contributed by atoms with Crippen LogP contribution in [0.3, 0.4) is 0 Å². The standard InChI is InChI=1S/C20H25N3O4/c1-13-4-5-14(2)17(10-13)23-15(3)16(11-22-23)18(24)21-12-20(19(25)26)6-8-27-9-7-20/h4-5,10-11H,6-9,12H2,1-3H3,(H,21,24)(H,25,26). The molecule has 1 amide bonds. The van der Waals surface area contributed by atoms with Crippen molar-refractivity contribution < 1.29 is 19.4 Å². The molecule has 2 aromatic rings. The molecule has 3 rings (SSSR count). The molecule has 0 radical (unpaired) electrons. The number of aryl methyl sites for hydroxylation is 2. The molecule has 1 aromatic carbocycles. The van der Waals surface area contributed by atoms with E-state index in [1.54, 1.807) is 4.68 Å². The Balaban J connectivity index is 1.79. The average Bonchev–Trinajstić information content (AvgIpc) is 3.03. The van der Waals surface area contributed by atoms with Gasteiger partial charge in [0.1, 0.15) is 0 Å². The second kappa shape index (κ2) is 7.52. The smallest absolute Gasteiger partial charge is 0.311 e. The van der Waals surface area contributed by atoms with E-state index in [9.17, 15) is 14.7 Å². The Labute approximate surface area is 158 Å². The number of carbonyl (C=O) groups excluding carboxylic acids is 1. The summed E-state index contributed by atoms with van der Waals surface area (Å²) in [6.07, 6.45) is 2.32. The second-order valence-electron chi connectivity index (χ2n) is 7.23. The minimum Gasteiger partial charge on any atom is -0.481 e. The van der Waals surface area contributed by atoms with Gasteiger partial charge in [-0.25, -0.2) is 4.68 Å². The Morgan fingerprint density at radius 2 is 1.96 bits per heavy atom. The van der Waals surface area contributed by atoms with Gasteiger partial charge >= 0.3 is 5.97 Å². The highest BCUT2D eigenvalue weighted by molar-refractivity contribution is 5.95. The molecule has 2 heterocycles. The van der Waals surface area contributed by atoms with Crippen LogP contribution >= 0.6 is 0 Å². The van der Waals surface area contributed by atoms with Gasteiger partial charge < -0.3 is 15.2 Å². The molecular formula is C20H25N3O4. The van der Waals surface area contributed by atoms with Crippen molar-refractivity contribution in [2.45, 2.75) is 33.6 Å². The van der Waals surface area contributed by atoms with Crippen molar-refractivity contribution in [2.24, 2.45) is 5.41 Å². The lowest BCUT2D eigenvalue weighted by Gasteiger charge is -2.33. The lowest BCUT2D eigenvalue weighted by atomic mass is 9.80. The Morgan fingerprint density at radius 3 is 2.63 bits per heavy atom. The van der Waals surface area contributed by atoms with Gasteiger partial charge in [0.25, 0.3) is 5.91 Å². The zero-order chi connectivity index (χ0) is 19.6. The quantitative estimate of drug-likeness (QED) is 0.842. The maximum absolute atomic E-state index is 12.7. The molecule has 7 nitrogen and oxygen atoms in total. The highest BCUT2D eigenvalue weighted by Crippen LogP contribution is 2.30. The summed E-state index contributed by atoms with van der Waals surface area (Å²) < 4.78 is 7.02. The van der Waals surface area contributed by atoms with Gasteiger partial charge in [-0.2, -0.15) is 5.10 Å². The number of nitrogens with one attached hydrogen (secondary N) is 1. The van der Waals surface area contributed by atoms with Crippen LogP contribution in [0.25, 0.3) is 5.69 Å². The highest BCUT2D eigenvalue weighted by atomic mass is 16.5. The number of carbonyl (C=O) groups is 2. The average molecular weight is 371 g/mol. The van der Waals surface area contributed by atoms with E-state index in [4.69, 9.17) is 4.74 Å². The molecule has 0 spiro atoms. The molecule has 0 unspecified atom stereocenters. The summed E-state index contributed by atoms with van der Waals surface area (Å²) in [5.41, 5.74) is 3.30. The highest BCUT2D eigenvalue weighted by Gasteiger charge is 2.40. The van der Waals surface area contributed by atoms with Crippen molar-refractivity contribution in [1.82, 2.24) is 15.1 Å². The maximum atomic E-state index is 12.7. The maximum Gasteiger partial charge on any atom is 0.311 e. The molecule has 2 N–H and O–H groups in total. The van der Waals surface area contributed by atoms with Crippen molar-refractivity contribution in [3.63, 3.8) is 0 Å².